The Labute approximate surface area is 98.5 Å². The Balaban J connectivity index is 2.03. The number of ether oxygens (including phenoxy) is 1. The lowest BCUT2D eigenvalue weighted by Gasteiger charge is -2.09. The molecule has 2 rings (SSSR count). The third-order valence-corrected chi connectivity index (χ3v) is 2.00. The van der Waals surface area contributed by atoms with Crippen LogP contribution in [0.5, 0.6) is 17.2 Å². The van der Waals surface area contributed by atoms with Gasteiger partial charge in [-0.2, -0.15) is 0 Å². The Bertz CT molecular complexity index is 457. The van der Waals surface area contributed by atoms with Crippen molar-refractivity contribution in [2.75, 3.05) is 0 Å². The van der Waals surface area contributed by atoms with Crippen LogP contribution in [-0.4, -0.2) is 10.5 Å². The number of rotatable bonds is 4. The molecular weight excluding hydrogens is 220 g/mol. The minimum Gasteiger partial charge on any atom is -0.457 e. The second kappa shape index (κ2) is 5.31. The summed E-state index contributed by atoms with van der Waals surface area (Å²) >= 11 is 0. The number of benzene rings is 2. The Hall–Kier alpha value is -2.08. The molecule has 2 aromatic carbocycles. The second-order valence-electron chi connectivity index (χ2n) is 3.28. The lowest BCUT2D eigenvalue weighted by molar-refractivity contribution is -0.285. The van der Waals surface area contributed by atoms with Crippen LogP contribution in [0.15, 0.2) is 54.6 Å². The molecule has 88 valence electrons. The maximum atomic E-state index is 8.67. The molecule has 0 saturated carbocycles. The quantitative estimate of drug-likeness (QED) is 0.625. The normalized spacial score (nSPS) is 10.3. The molecule has 0 aliphatic heterocycles. The zero-order valence-corrected chi connectivity index (χ0v) is 8.98. The van der Waals surface area contributed by atoms with Crippen molar-refractivity contribution in [2.45, 2.75) is 0 Å². The molecule has 2 aromatic rings. The fraction of sp³-hybridized carbons (Fsp3) is 0. The fourth-order valence-electron chi connectivity index (χ4n) is 1.30. The van der Waals surface area contributed by atoms with Gasteiger partial charge in [0.05, 0.1) is 5.34 Å². The first-order valence-corrected chi connectivity index (χ1v) is 4.99. The molecule has 0 radical (unpaired) electrons. The summed E-state index contributed by atoms with van der Waals surface area (Å²) in [6.45, 7) is 0. The van der Waals surface area contributed by atoms with E-state index in [9.17, 15) is 0 Å². The second-order valence-corrected chi connectivity index (χ2v) is 3.28. The lowest BCUT2D eigenvalue weighted by Crippen LogP contribution is -2.30. The van der Waals surface area contributed by atoms with Gasteiger partial charge in [0.2, 0.25) is 0 Å². The molecule has 0 aliphatic rings. The summed E-state index contributed by atoms with van der Waals surface area (Å²) in [5, 5.41) is 8.81. The van der Waals surface area contributed by atoms with Crippen molar-refractivity contribution >= 4 is 0 Å². The van der Waals surface area contributed by atoms with E-state index in [0.717, 1.165) is 5.75 Å². The first kappa shape index (κ1) is 11.4. The summed E-state index contributed by atoms with van der Waals surface area (Å²) in [6, 6.07) is 16.1. The highest BCUT2D eigenvalue weighted by Crippen LogP contribution is 2.23. The molecular formula is C12H12N2O3. The fourth-order valence-corrected chi connectivity index (χ4v) is 1.30. The van der Waals surface area contributed by atoms with Crippen molar-refractivity contribution in [1.29, 1.82) is 0 Å². The van der Waals surface area contributed by atoms with Crippen molar-refractivity contribution < 1.29 is 14.8 Å². The molecule has 0 unspecified atom stereocenters. The van der Waals surface area contributed by atoms with Gasteiger partial charge in [-0.3, -0.25) is 5.21 Å². The van der Waals surface area contributed by atoms with E-state index < -0.39 is 0 Å². The van der Waals surface area contributed by atoms with Crippen LogP contribution in [0.25, 0.3) is 0 Å². The van der Waals surface area contributed by atoms with Crippen LogP contribution < -0.4 is 15.4 Å². The average molecular weight is 232 g/mol. The van der Waals surface area contributed by atoms with E-state index in [1.54, 1.807) is 24.3 Å². The van der Waals surface area contributed by atoms with Crippen LogP contribution in [0.2, 0.25) is 0 Å². The molecule has 0 fully saturated rings. The molecule has 0 bridgehead atoms. The van der Waals surface area contributed by atoms with Gasteiger partial charge >= 0.3 is 0 Å². The van der Waals surface area contributed by atoms with Crippen LogP contribution in [-0.2, 0) is 0 Å². The molecule has 0 heterocycles. The third-order valence-electron chi connectivity index (χ3n) is 2.00. The number of hydrogen-bond acceptors (Lipinski definition) is 5. The number of nitrogens with zero attached hydrogens (tertiary/aromatic N) is 1. The van der Waals surface area contributed by atoms with Gasteiger partial charge in [-0.05, 0) is 36.4 Å². The molecule has 17 heavy (non-hydrogen) atoms. The van der Waals surface area contributed by atoms with E-state index in [0.29, 0.717) is 11.5 Å². The van der Waals surface area contributed by atoms with E-state index in [-0.39, 0.29) is 5.34 Å². The number of hydrogen-bond donors (Lipinski definition) is 2. The summed E-state index contributed by atoms with van der Waals surface area (Å²) in [6.07, 6.45) is 0. The number of nitrogens with two attached hydrogens (primary N) is 1. The van der Waals surface area contributed by atoms with Gasteiger partial charge in [0, 0.05) is 0 Å². The van der Waals surface area contributed by atoms with Gasteiger partial charge in [0.25, 0.3) is 0 Å². The van der Waals surface area contributed by atoms with Gasteiger partial charge in [-0.1, -0.05) is 18.2 Å². The summed E-state index contributed by atoms with van der Waals surface area (Å²) in [5.74, 6) is 6.76. The largest absolute Gasteiger partial charge is 0.457 e. The van der Waals surface area contributed by atoms with Crippen molar-refractivity contribution in [3.05, 3.63) is 54.6 Å². The molecule has 0 spiro atoms. The highest BCUT2D eigenvalue weighted by molar-refractivity contribution is 5.35. The summed E-state index contributed by atoms with van der Waals surface area (Å²) in [5.41, 5.74) is 0. The third kappa shape index (κ3) is 3.46. The highest BCUT2D eigenvalue weighted by atomic mass is 16.9. The predicted octanol–water partition coefficient (Wildman–Crippen LogP) is 2.34. The van der Waals surface area contributed by atoms with Crippen molar-refractivity contribution in [1.82, 2.24) is 5.34 Å². The Morgan fingerprint density at radius 1 is 0.824 bits per heavy atom. The molecule has 0 amide bonds. The Morgan fingerprint density at radius 3 is 1.94 bits per heavy atom. The first-order chi connectivity index (χ1) is 8.24. The average Bonchev–Trinajstić information content (AvgIpc) is 2.32. The smallest absolute Gasteiger partial charge is 0.152 e. The van der Waals surface area contributed by atoms with Crippen molar-refractivity contribution in [3.63, 3.8) is 0 Å². The van der Waals surface area contributed by atoms with Gasteiger partial charge in [-0.25, -0.2) is 5.84 Å². The van der Waals surface area contributed by atoms with Gasteiger partial charge in [0.15, 0.2) is 5.75 Å². The first-order valence-electron chi connectivity index (χ1n) is 4.99. The lowest BCUT2D eigenvalue weighted by atomic mass is 10.3. The zero-order valence-electron chi connectivity index (χ0n) is 8.98. The molecule has 0 aliphatic carbocycles. The highest BCUT2D eigenvalue weighted by Gasteiger charge is 1.99. The summed E-state index contributed by atoms with van der Waals surface area (Å²) in [7, 11) is 0. The van der Waals surface area contributed by atoms with Gasteiger partial charge in [0.1, 0.15) is 11.5 Å². The minimum absolute atomic E-state index is 0.146. The van der Waals surface area contributed by atoms with Crippen LogP contribution in [0.3, 0.4) is 0 Å². The monoisotopic (exact) mass is 232 g/mol. The molecule has 0 aromatic heterocycles. The van der Waals surface area contributed by atoms with E-state index >= 15 is 0 Å². The SMILES string of the molecule is NN(O)Oc1ccc(Oc2ccccc2)cc1. The molecule has 5 heteroatoms. The van der Waals surface area contributed by atoms with E-state index in [2.05, 4.69) is 0 Å². The maximum Gasteiger partial charge on any atom is 0.152 e. The van der Waals surface area contributed by atoms with E-state index in [4.69, 9.17) is 20.6 Å². The van der Waals surface area contributed by atoms with Crippen molar-refractivity contribution in [3.8, 4) is 17.2 Å². The minimum atomic E-state index is 0.146. The Morgan fingerprint density at radius 2 is 1.35 bits per heavy atom. The molecule has 3 N–H and O–H groups in total. The summed E-state index contributed by atoms with van der Waals surface area (Å²) in [4.78, 5) is 4.73. The molecule has 5 nitrogen and oxygen atoms in total. The van der Waals surface area contributed by atoms with Crippen LogP contribution in [0, 0.1) is 0 Å². The number of hydrazine groups is 1. The van der Waals surface area contributed by atoms with E-state index in [1.165, 1.54) is 0 Å². The topological polar surface area (TPSA) is 68.0 Å². The van der Waals surface area contributed by atoms with Crippen molar-refractivity contribution in [2.24, 2.45) is 5.84 Å². The number of para-hydroxylation sites is 1. The van der Waals surface area contributed by atoms with Crippen LogP contribution in [0.4, 0.5) is 0 Å². The van der Waals surface area contributed by atoms with Crippen LogP contribution >= 0.6 is 0 Å². The van der Waals surface area contributed by atoms with Gasteiger partial charge in [-0.15, -0.1) is 0 Å². The zero-order chi connectivity index (χ0) is 12.1. The Kier molecular flexibility index (Phi) is 3.56. The van der Waals surface area contributed by atoms with Gasteiger partial charge < -0.3 is 9.57 Å². The summed E-state index contributed by atoms with van der Waals surface area (Å²) < 4.78 is 5.58. The van der Waals surface area contributed by atoms with E-state index in [1.807, 2.05) is 30.3 Å². The molecule has 0 atom stereocenters. The standard InChI is InChI=1S/C12H12N2O3/c13-14(15)17-12-8-6-11(7-9-12)16-10-4-2-1-3-5-10/h1-9,15H,13H2. The maximum absolute atomic E-state index is 8.67. The predicted molar refractivity (Wildman–Crippen MR) is 61.4 cm³/mol. The molecule has 0 saturated heterocycles. The van der Waals surface area contributed by atoms with Crippen LogP contribution in [0.1, 0.15) is 0 Å².